The summed E-state index contributed by atoms with van der Waals surface area (Å²) in [6.45, 7) is 2.88. The maximum absolute atomic E-state index is 11.7. The number of rotatable bonds is 5. The Hall–Kier alpha value is -2.09. The normalized spacial score (nSPS) is 21.6. The fraction of sp³-hybridized carbons (Fsp3) is 0.583. The maximum Gasteiger partial charge on any atom is 0.325 e. The second-order valence-electron chi connectivity index (χ2n) is 5.03. The molecule has 1 unspecified atom stereocenters. The Balaban J connectivity index is 1.79. The zero-order valence-corrected chi connectivity index (χ0v) is 11.3. The van der Waals surface area contributed by atoms with E-state index in [4.69, 9.17) is 9.84 Å². The summed E-state index contributed by atoms with van der Waals surface area (Å²) < 4.78 is 6.80. The van der Waals surface area contributed by atoms with Gasteiger partial charge in [0.15, 0.2) is 0 Å². The molecule has 3 N–H and O–H groups in total. The Morgan fingerprint density at radius 3 is 3.05 bits per heavy atom. The highest BCUT2D eigenvalue weighted by Crippen LogP contribution is 2.23. The summed E-state index contributed by atoms with van der Waals surface area (Å²) in [7, 11) is 0. The fourth-order valence-electron chi connectivity index (χ4n) is 2.07. The number of amides is 2. The number of nitrogens with zero attached hydrogens (tertiary/aromatic N) is 2. The van der Waals surface area contributed by atoms with Gasteiger partial charge in [0.05, 0.1) is 17.5 Å². The highest BCUT2D eigenvalue weighted by molar-refractivity contribution is 5.88. The average molecular weight is 282 g/mol. The lowest BCUT2D eigenvalue weighted by atomic mass is 10.0. The number of aromatic nitrogens is 2. The van der Waals surface area contributed by atoms with Crippen molar-refractivity contribution in [3.05, 3.63) is 12.4 Å². The summed E-state index contributed by atoms with van der Waals surface area (Å²) in [6, 6.07) is -0.364. The predicted molar refractivity (Wildman–Crippen MR) is 70.5 cm³/mol. The van der Waals surface area contributed by atoms with E-state index < -0.39 is 5.97 Å². The van der Waals surface area contributed by atoms with Gasteiger partial charge in [-0.05, 0) is 19.8 Å². The molecular formula is C12H18N4O4. The molecule has 2 heterocycles. The van der Waals surface area contributed by atoms with Crippen LogP contribution in [0.4, 0.5) is 10.5 Å². The van der Waals surface area contributed by atoms with Crippen LogP contribution >= 0.6 is 0 Å². The first-order chi connectivity index (χ1) is 9.47. The van der Waals surface area contributed by atoms with Gasteiger partial charge in [-0.25, -0.2) is 4.79 Å². The van der Waals surface area contributed by atoms with Crippen LogP contribution in [0.2, 0.25) is 0 Å². The van der Waals surface area contributed by atoms with Crippen molar-refractivity contribution in [1.82, 2.24) is 15.1 Å². The van der Waals surface area contributed by atoms with Gasteiger partial charge in [-0.1, -0.05) is 0 Å². The number of carbonyl (C=O) groups is 2. The fourth-order valence-corrected chi connectivity index (χ4v) is 2.07. The molecule has 8 nitrogen and oxygen atoms in total. The molecule has 110 valence electrons. The number of hydrogen-bond donors (Lipinski definition) is 3. The number of carboxylic acid groups (broad SMARTS) is 1. The second kappa shape index (κ2) is 5.91. The average Bonchev–Trinajstić information content (AvgIpc) is 2.97. The van der Waals surface area contributed by atoms with E-state index in [0.717, 1.165) is 19.4 Å². The molecule has 0 aromatic carbocycles. The maximum atomic E-state index is 11.7. The molecule has 1 aliphatic rings. The number of hydrogen-bond acceptors (Lipinski definition) is 4. The van der Waals surface area contributed by atoms with Crippen LogP contribution in [0.25, 0.3) is 0 Å². The van der Waals surface area contributed by atoms with Gasteiger partial charge in [0, 0.05) is 19.3 Å². The number of urea groups is 1. The first kappa shape index (κ1) is 14.3. The Kier molecular flexibility index (Phi) is 4.23. The molecule has 1 aliphatic heterocycles. The van der Waals surface area contributed by atoms with Crippen LogP contribution in [0.1, 0.15) is 19.8 Å². The standard InChI is InChI=1S/C12H18N4O4/c1-12(3-2-4-20-12)8-13-11(19)15-9-5-14-16(6-9)7-10(17)18/h5-6H,2-4,7-8H2,1H3,(H,17,18)(H2,13,15,19). The van der Waals surface area contributed by atoms with Gasteiger partial charge in [-0.3, -0.25) is 9.48 Å². The third kappa shape index (κ3) is 3.95. The molecule has 20 heavy (non-hydrogen) atoms. The third-order valence-electron chi connectivity index (χ3n) is 3.11. The molecule has 1 atom stereocenters. The van der Waals surface area contributed by atoms with Gasteiger partial charge in [-0.2, -0.15) is 5.10 Å². The highest BCUT2D eigenvalue weighted by atomic mass is 16.5. The highest BCUT2D eigenvalue weighted by Gasteiger charge is 2.29. The van der Waals surface area contributed by atoms with Gasteiger partial charge < -0.3 is 20.5 Å². The lowest BCUT2D eigenvalue weighted by Crippen LogP contribution is -2.41. The Bertz CT molecular complexity index is 493. The summed E-state index contributed by atoms with van der Waals surface area (Å²) in [4.78, 5) is 22.2. The van der Waals surface area contributed by atoms with Gasteiger partial charge in [0.2, 0.25) is 0 Å². The first-order valence-corrected chi connectivity index (χ1v) is 6.40. The summed E-state index contributed by atoms with van der Waals surface area (Å²) in [5.41, 5.74) is 0.145. The smallest absolute Gasteiger partial charge is 0.325 e. The molecule has 0 saturated carbocycles. The van der Waals surface area contributed by atoms with E-state index in [9.17, 15) is 9.59 Å². The molecule has 2 rings (SSSR count). The molecular weight excluding hydrogens is 264 g/mol. The van der Waals surface area contributed by atoms with Crippen LogP contribution in [-0.4, -0.2) is 45.6 Å². The van der Waals surface area contributed by atoms with E-state index in [1.165, 1.54) is 17.1 Å². The number of nitrogens with one attached hydrogen (secondary N) is 2. The number of carboxylic acids is 1. The number of aliphatic carboxylic acids is 1. The summed E-state index contributed by atoms with van der Waals surface area (Å²) >= 11 is 0. The minimum atomic E-state index is -0.990. The summed E-state index contributed by atoms with van der Waals surface area (Å²) in [5, 5.41) is 17.8. The Morgan fingerprint density at radius 1 is 1.60 bits per heavy atom. The molecule has 1 aromatic heterocycles. The monoisotopic (exact) mass is 282 g/mol. The van der Waals surface area contributed by atoms with Crippen LogP contribution in [0.5, 0.6) is 0 Å². The molecule has 2 amide bonds. The topological polar surface area (TPSA) is 105 Å². The van der Waals surface area contributed by atoms with E-state index >= 15 is 0 Å². The van der Waals surface area contributed by atoms with Crippen molar-refractivity contribution in [3.63, 3.8) is 0 Å². The molecule has 8 heteroatoms. The number of ether oxygens (including phenoxy) is 1. The van der Waals surface area contributed by atoms with Crippen molar-refractivity contribution in [1.29, 1.82) is 0 Å². The van der Waals surface area contributed by atoms with Crippen LogP contribution < -0.4 is 10.6 Å². The SMILES string of the molecule is CC1(CNC(=O)Nc2cnn(CC(=O)O)c2)CCCO1. The molecule has 0 radical (unpaired) electrons. The lowest BCUT2D eigenvalue weighted by Gasteiger charge is -2.23. The largest absolute Gasteiger partial charge is 0.480 e. The molecule has 0 aliphatic carbocycles. The van der Waals surface area contributed by atoms with Crippen LogP contribution in [0.3, 0.4) is 0 Å². The molecule has 1 fully saturated rings. The minimum Gasteiger partial charge on any atom is -0.480 e. The third-order valence-corrected chi connectivity index (χ3v) is 3.11. The minimum absolute atomic E-state index is 0.241. The van der Waals surface area contributed by atoms with E-state index in [1.807, 2.05) is 6.92 Å². The number of anilines is 1. The second-order valence-corrected chi connectivity index (χ2v) is 5.03. The Labute approximate surface area is 116 Å². The van der Waals surface area contributed by atoms with E-state index in [0.29, 0.717) is 12.2 Å². The van der Waals surface area contributed by atoms with Gasteiger partial charge >= 0.3 is 12.0 Å². The van der Waals surface area contributed by atoms with Crippen molar-refractivity contribution in [2.24, 2.45) is 0 Å². The van der Waals surface area contributed by atoms with E-state index in [1.54, 1.807) is 0 Å². The Morgan fingerprint density at radius 2 is 2.40 bits per heavy atom. The summed E-state index contributed by atoms with van der Waals surface area (Å²) in [5.74, 6) is -0.990. The van der Waals surface area contributed by atoms with Crippen LogP contribution in [-0.2, 0) is 16.1 Å². The van der Waals surface area contributed by atoms with Gasteiger partial charge in [0.1, 0.15) is 6.54 Å². The molecule has 1 aromatic rings. The van der Waals surface area contributed by atoms with Gasteiger partial charge in [0.25, 0.3) is 0 Å². The number of carbonyl (C=O) groups excluding carboxylic acids is 1. The van der Waals surface area contributed by atoms with Crippen molar-refractivity contribution in [3.8, 4) is 0 Å². The predicted octanol–water partition coefficient (Wildman–Crippen LogP) is 0.658. The van der Waals surface area contributed by atoms with Crippen molar-refractivity contribution in [2.45, 2.75) is 31.9 Å². The lowest BCUT2D eigenvalue weighted by molar-refractivity contribution is -0.137. The summed E-state index contributed by atoms with van der Waals surface area (Å²) in [6.07, 6.45) is 4.78. The van der Waals surface area contributed by atoms with Crippen molar-refractivity contribution in [2.75, 3.05) is 18.5 Å². The van der Waals surface area contributed by atoms with Crippen LogP contribution in [0, 0.1) is 0 Å². The quantitative estimate of drug-likeness (QED) is 0.735. The van der Waals surface area contributed by atoms with Gasteiger partial charge in [-0.15, -0.1) is 0 Å². The van der Waals surface area contributed by atoms with Crippen molar-refractivity contribution < 1.29 is 19.4 Å². The van der Waals surface area contributed by atoms with Crippen LogP contribution in [0.15, 0.2) is 12.4 Å². The molecule has 0 bridgehead atoms. The van der Waals surface area contributed by atoms with Crippen molar-refractivity contribution >= 4 is 17.7 Å². The molecule has 1 saturated heterocycles. The zero-order chi connectivity index (χ0) is 14.6. The van der Waals surface area contributed by atoms with E-state index in [2.05, 4.69) is 15.7 Å². The first-order valence-electron chi connectivity index (χ1n) is 6.40. The van der Waals surface area contributed by atoms with E-state index in [-0.39, 0.29) is 18.2 Å². The zero-order valence-electron chi connectivity index (χ0n) is 11.3. The molecule has 0 spiro atoms.